The zero-order valence-corrected chi connectivity index (χ0v) is 9.69. The van der Waals surface area contributed by atoms with Gasteiger partial charge in [0.2, 0.25) is 0 Å². The number of carbonyl (C=O) groups excluding carboxylic acids is 1. The minimum absolute atomic E-state index is 0.139. The molecule has 2 rings (SSSR count). The van der Waals surface area contributed by atoms with E-state index in [0.717, 1.165) is 12.8 Å². The summed E-state index contributed by atoms with van der Waals surface area (Å²) in [5.74, 6) is -0.421. The Labute approximate surface area is 94.8 Å². The smallest absolute Gasteiger partial charge is 0.329 e. The molecule has 5 nitrogen and oxygen atoms in total. The Morgan fingerprint density at radius 1 is 1.50 bits per heavy atom. The summed E-state index contributed by atoms with van der Waals surface area (Å²) in [5, 5.41) is 12.0. The quantitative estimate of drug-likeness (QED) is 0.755. The number of hydrogen-bond acceptors (Lipinski definition) is 2. The van der Waals surface area contributed by atoms with Crippen LogP contribution in [0.2, 0.25) is 0 Å². The average molecular weight is 226 g/mol. The Morgan fingerprint density at radius 2 is 2.12 bits per heavy atom. The van der Waals surface area contributed by atoms with Crippen LogP contribution >= 0.6 is 0 Å². The molecule has 2 aliphatic rings. The van der Waals surface area contributed by atoms with Gasteiger partial charge >= 0.3 is 12.0 Å². The van der Waals surface area contributed by atoms with E-state index in [9.17, 15) is 9.59 Å². The molecule has 1 heterocycles. The molecule has 1 saturated heterocycles. The number of carboxylic acid groups (broad SMARTS) is 1. The van der Waals surface area contributed by atoms with Crippen molar-refractivity contribution in [3.8, 4) is 0 Å². The molecule has 0 bridgehead atoms. The van der Waals surface area contributed by atoms with E-state index in [2.05, 4.69) is 5.32 Å². The first-order valence-electron chi connectivity index (χ1n) is 5.74. The summed E-state index contributed by atoms with van der Waals surface area (Å²) in [6.45, 7) is 3.65. The van der Waals surface area contributed by atoms with Gasteiger partial charge in [-0.3, -0.25) is 0 Å². The summed E-state index contributed by atoms with van der Waals surface area (Å²) >= 11 is 0. The molecule has 1 saturated carbocycles. The largest absolute Gasteiger partial charge is 0.480 e. The Bertz CT molecular complexity index is 323. The van der Waals surface area contributed by atoms with E-state index in [-0.39, 0.29) is 12.1 Å². The molecule has 0 spiro atoms. The van der Waals surface area contributed by atoms with Gasteiger partial charge in [0, 0.05) is 6.54 Å². The van der Waals surface area contributed by atoms with Gasteiger partial charge < -0.3 is 15.3 Å². The van der Waals surface area contributed by atoms with Crippen LogP contribution in [0, 0.1) is 5.92 Å². The first-order valence-corrected chi connectivity index (χ1v) is 5.74. The molecule has 1 aliphatic carbocycles. The van der Waals surface area contributed by atoms with Gasteiger partial charge in [0.25, 0.3) is 0 Å². The number of rotatable bonds is 3. The maximum Gasteiger partial charge on any atom is 0.329 e. The monoisotopic (exact) mass is 226 g/mol. The average Bonchev–Trinajstić information content (AvgIpc) is 2.44. The number of nitrogens with zero attached hydrogens (tertiary/aromatic N) is 1. The van der Waals surface area contributed by atoms with Gasteiger partial charge in [-0.1, -0.05) is 6.42 Å². The lowest BCUT2D eigenvalue weighted by molar-refractivity contribution is -0.147. The van der Waals surface area contributed by atoms with Crippen LogP contribution in [0.3, 0.4) is 0 Å². The van der Waals surface area contributed by atoms with Crippen LogP contribution in [0.5, 0.6) is 0 Å². The normalized spacial score (nSPS) is 26.5. The van der Waals surface area contributed by atoms with Crippen LogP contribution in [0.4, 0.5) is 4.79 Å². The molecule has 90 valence electrons. The molecule has 0 aromatic rings. The van der Waals surface area contributed by atoms with E-state index in [0.29, 0.717) is 12.5 Å². The number of aliphatic carboxylic acids is 1. The Hall–Kier alpha value is -1.26. The molecule has 1 aliphatic heterocycles. The molecule has 1 atom stereocenters. The third-order valence-electron chi connectivity index (χ3n) is 3.85. The van der Waals surface area contributed by atoms with Gasteiger partial charge in [0.15, 0.2) is 0 Å². The Morgan fingerprint density at radius 3 is 2.56 bits per heavy atom. The molecular formula is C11H18N2O3. The molecule has 0 aromatic heterocycles. The number of carboxylic acids is 1. The molecule has 1 unspecified atom stereocenters. The number of hydrogen-bond donors (Lipinski definition) is 2. The second kappa shape index (κ2) is 3.64. The van der Waals surface area contributed by atoms with Crippen molar-refractivity contribution in [1.82, 2.24) is 10.2 Å². The van der Waals surface area contributed by atoms with Gasteiger partial charge in [-0.15, -0.1) is 0 Å². The van der Waals surface area contributed by atoms with Crippen molar-refractivity contribution in [3.63, 3.8) is 0 Å². The summed E-state index contributed by atoms with van der Waals surface area (Å²) in [6.07, 6.45) is 3.51. The van der Waals surface area contributed by atoms with Crippen molar-refractivity contribution >= 4 is 12.0 Å². The van der Waals surface area contributed by atoms with Crippen molar-refractivity contribution < 1.29 is 14.7 Å². The van der Waals surface area contributed by atoms with E-state index in [1.807, 2.05) is 0 Å². The second-order valence-corrected chi connectivity index (χ2v) is 5.22. The highest BCUT2D eigenvalue weighted by atomic mass is 16.4. The maximum absolute atomic E-state index is 11.7. The molecule has 0 aromatic carbocycles. The van der Waals surface area contributed by atoms with Gasteiger partial charge in [-0.2, -0.15) is 0 Å². The number of nitrogens with one attached hydrogen (secondary N) is 1. The van der Waals surface area contributed by atoms with Crippen LogP contribution in [0.15, 0.2) is 0 Å². The lowest BCUT2D eigenvalue weighted by Crippen LogP contribution is -2.51. The van der Waals surface area contributed by atoms with E-state index < -0.39 is 11.5 Å². The van der Waals surface area contributed by atoms with Crippen molar-refractivity contribution in [2.75, 3.05) is 6.54 Å². The predicted octanol–water partition coefficient (Wildman–Crippen LogP) is 1.04. The molecule has 2 amide bonds. The van der Waals surface area contributed by atoms with Crippen LogP contribution in [-0.4, -0.2) is 40.1 Å². The second-order valence-electron chi connectivity index (χ2n) is 5.22. The summed E-state index contributed by atoms with van der Waals surface area (Å²) in [7, 11) is 0. The molecule has 5 heteroatoms. The number of carbonyl (C=O) groups is 2. The number of amides is 2. The summed E-state index contributed by atoms with van der Waals surface area (Å²) < 4.78 is 0. The third kappa shape index (κ3) is 1.64. The fourth-order valence-electron chi connectivity index (χ4n) is 2.27. The van der Waals surface area contributed by atoms with E-state index in [1.165, 1.54) is 11.3 Å². The van der Waals surface area contributed by atoms with Crippen molar-refractivity contribution in [1.29, 1.82) is 0 Å². The molecule has 2 fully saturated rings. The van der Waals surface area contributed by atoms with Crippen LogP contribution < -0.4 is 5.32 Å². The zero-order chi connectivity index (χ0) is 11.9. The standard InChI is InChI=1S/C11H18N2O3/c1-11(2,9(14)15)13-6-8(12-10(13)16)7-4-3-5-7/h7-8H,3-6H2,1-2H3,(H,12,16)(H,14,15). The van der Waals surface area contributed by atoms with Crippen LogP contribution in [0.1, 0.15) is 33.1 Å². The third-order valence-corrected chi connectivity index (χ3v) is 3.85. The summed E-state index contributed by atoms with van der Waals surface area (Å²) in [6, 6.07) is -0.107. The van der Waals surface area contributed by atoms with E-state index >= 15 is 0 Å². The van der Waals surface area contributed by atoms with Crippen molar-refractivity contribution in [2.45, 2.75) is 44.7 Å². The van der Waals surface area contributed by atoms with E-state index in [1.54, 1.807) is 13.8 Å². The highest BCUT2D eigenvalue weighted by Crippen LogP contribution is 2.33. The highest BCUT2D eigenvalue weighted by molar-refractivity contribution is 5.87. The minimum Gasteiger partial charge on any atom is -0.480 e. The predicted molar refractivity (Wildman–Crippen MR) is 58.1 cm³/mol. The SMILES string of the molecule is CC(C)(C(=O)O)N1CC(C2CCC2)NC1=O. The molecular weight excluding hydrogens is 208 g/mol. The minimum atomic E-state index is -1.12. The highest BCUT2D eigenvalue weighted by Gasteiger charge is 2.45. The number of urea groups is 1. The maximum atomic E-state index is 11.7. The fraction of sp³-hybridized carbons (Fsp3) is 0.818. The zero-order valence-electron chi connectivity index (χ0n) is 9.69. The van der Waals surface area contributed by atoms with Gasteiger partial charge in [-0.05, 0) is 32.6 Å². The van der Waals surface area contributed by atoms with Crippen LogP contribution in [-0.2, 0) is 4.79 Å². The summed E-state index contributed by atoms with van der Waals surface area (Å²) in [5.41, 5.74) is -1.12. The Kier molecular flexibility index (Phi) is 2.56. The molecule has 0 radical (unpaired) electrons. The van der Waals surface area contributed by atoms with Gasteiger partial charge in [0.05, 0.1) is 6.04 Å². The van der Waals surface area contributed by atoms with Crippen LogP contribution in [0.25, 0.3) is 0 Å². The van der Waals surface area contributed by atoms with Gasteiger partial charge in [-0.25, -0.2) is 9.59 Å². The lowest BCUT2D eigenvalue weighted by atomic mass is 9.80. The van der Waals surface area contributed by atoms with Crippen molar-refractivity contribution in [3.05, 3.63) is 0 Å². The van der Waals surface area contributed by atoms with Gasteiger partial charge in [0.1, 0.15) is 5.54 Å². The first-order chi connectivity index (χ1) is 7.43. The molecule has 16 heavy (non-hydrogen) atoms. The topological polar surface area (TPSA) is 69.6 Å². The Balaban J connectivity index is 2.06. The molecule has 2 N–H and O–H groups in total. The first kappa shape index (κ1) is 11.2. The summed E-state index contributed by atoms with van der Waals surface area (Å²) in [4.78, 5) is 24.3. The van der Waals surface area contributed by atoms with Crippen molar-refractivity contribution in [2.24, 2.45) is 5.92 Å². The van der Waals surface area contributed by atoms with E-state index in [4.69, 9.17) is 5.11 Å². The lowest BCUT2D eigenvalue weighted by Gasteiger charge is -2.33. The fourth-order valence-corrected chi connectivity index (χ4v) is 2.27.